The minimum absolute atomic E-state index is 0.00228. The number of sulfonamides is 1. The van der Waals surface area contributed by atoms with Crippen LogP contribution >= 0.6 is 0 Å². The van der Waals surface area contributed by atoms with Crippen LogP contribution in [-0.4, -0.2) is 31.4 Å². The maximum absolute atomic E-state index is 12.4. The van der Waals surface area contributed by atoms with Crippen LogP contribution in [0, 0.1) is 0 Å². The summed E-state index contributed by atoms with van der Waals surface area (Å²) in [5, 5.41) is 0. The van der Waals surface area contributed by atoms with Crippen LogP contribution in [0.25, 0.3) is 0 Å². The van der Waals surface area contributed by atoms with E-state index in [0.717, 1.165) is 18.4 Å². The third-order valence-electron chi connectivity index (χ3n) is 3.40. The summed E-state index contributed by atoms with van der Waals surface area (Å²) in [5.74, 6) is 0.0768. The van der Waals surface area contributed by atoms with Crippen molar-refractivity contribution in [3.8, 4) is 0 Å². The minimum atomic E-state index is -3.23. The molecule has 4 nitrogen and oxygen atoms in total. The van der Waals surface area contributed by atoms with E-state index in [0.29, 0.717) is 6.54 Å². The quantitative estimate of drug-likeness (QED) is 0.899. The topological polar surface area (TPSA) is 63.4 Å². The molecule has 0 aromatic heterocycles. The van der Waals surface area contributed by atoms with Gasteiger partial charge >= 0.3 is 0 Å². The molecule has 0 unspecified atom stereocenters. The Morgan fingerprint density at radius 1 is 1.33 bits per heavy atom. The molecule has 0 radical (unpaired) electrons. The fraction of sp³-hybridized carbons (Fsp3) is 0.538. The van der Waals surface area contributed by atoms with Crippen LogP contribution < -0.4 is 5.73 Å². The van der Waals surface area contributed by atoms with E-state index in [1.54, 1.807) is 4.31 Å². The SMILES string of the molecule is C[C@@H]1C[C@@H](N)CCN1S(=O)(=O)Cc1ccccc1. The molecular weight excluding hydrogens is 248 g/mol. The van der Waals surface area contributed by atoms with Crippen molar-refractivity contribution in [3.05, 3.63) is 35.9 Å². The van der Waals surface area contributed by atoms with E-state index >= 15 is 0 Å². The molecule has 1 aromatic carbocycles. The average molecular weight is 268 g/mol. The Labute approximate surface area is 109 Å². The van der Waals surface area contributed by atoms with E-state index in [9.17, 15) is 8.42 Å². The molecule has 0 spiro atoms. The highest BCUT2D eigenvalue weighted by atomic mass is 32.2. The zero-order chi connectivity index (χ0) is 13.2. The molecule has 2 rings (SSSR count). The van der Waals surface area contributed by atoms with E-state index in [-0.39, 0.29) is 17.8 Å². The van der Waals surface area contributed by atoms with Gasteiger partial charge in [0.05, 0.1) is 5.75 Å². The van der Waals surface area contributed by atoms with E-state index in [1.165, 1.54) is 0 Å². The van der Waals surface area contributed by atoms with Gasteiger partial charge < -0.3 is 5.73 Å². The number of piperidine rings is 1. The predicted molar refractivity (Wildman–Crippen MR) is 72.4 cm³/mol. The van der Waals surface area contributed by atoms with E-state index in [4.69, 9.17) is 5.73 Å². The maximum atomic E-state index is 12.4. The van der Waals surface area contributed by atoms with Gasteiger partial charge in [0, 0.05) is 18.6 Å². The fourth-order valence-corrected chi connectivity index (χ4v) is 4.27. The Bertz CT molecular complexity index is 487. The molecule has 2 atom stereocenters. The summed E-state index contributed by atoms with van der Waals surface area (Å²) in [7, 11) is -3.23. The van der Waals surface area contributed by atoms with Crippen molar-refractivity contribution in [2.45, 2.75) is 37.6 Å². The monoisotopic (exact) mass is 268 g/mol. The molecule has 1 fully saturated rings. The van der Waals surface area contributed by atoms with Crippen LogP contribution in [0.2, 0.25) is 0 Å². The largest absolute Gasteiger partial charge is 0.328 e. The van der Waals surface area contributed by atoms with Gasteiger partial charge in [-0.1, -0.05) is 30.3 Å². The molecule has 1 aliphatic rings. The van der Waals surface area contributed by atoms with E-state index in [2.05, 4.69) is 0 Å². The van der Waals surface area contributed by atoms with Crippen LogP contribution in [0.1, 0.15) is 25.3 Å². The molecule has 1 saturated heterocycles. The Hall–Kier alpha value is -0.910. The number of hydrogen-bond acceptors (Lipinski definition) is 3. The highest BCUT2D eigenvalue weighted by Crippen LogP contribution is 2.21. The van der Waals surface area contributed by atoms with Crippen molar-refractivity contribution >= 4 is 10.0 Å². The van der Waals surface area contributed by atoms with Crippen molar-refractivity contribution < 1.29 is 8.42 Å². The smallest absolute Gasteiger partial charge is 0.218 e. The standard InChI is InChI=1S/C13H20N2O2S/c1-11-9-13(14)7-8-15(11)18(16,17)10-12-5-3-2-4-6-12/h2-6,11,13H,7-10,14H2,1H3/t11-,13+/m1/s1. The summed E-state index contributed by atoms with van der Waals surface area (Å²) >= 11 is 0. The lowest BCUT2D eigenvalue weighted by atomic mass is 10.0. The Morgan fingerprint density at radius 3 is 2.61 bits per heavy atom. The number of benzene rings is 1. The highest BCUT2D eigenvalue weighted by Gasteiger charge is 2.32. The van der Waals surface area contributed by atoms with Gasteiger partial charge in [-0.3, -0.25) is 0 Å². The summed E-state index contributed by atoms with van der Waals surface area (Å²) in [5.41, 5.74) is 6.69. The molecule has 0 saturated carbocycles. The summed E-state index contributed by atoms with van der Waals surface area (Å²) in [4.78, 5) is 0. The molecule has 18 heavy (non-hydrogen) atoms. The maximum Gasteiger partial charge on any atom is 0.218 e. The number of nitrogens with zero attached hydrogens (tertiary/aromatic N) is 1. The number of rotatable bonds is 3. The lowest BCUT2D eigenvalue weighted by Gasteiger charge is -2.35. The second kappa shape index (κ2) is 5.38. The third kappa shape index (κ3) is 3.10. The first-order chi connectivity index (χ1) is 8.49. The number of hydrogen-bond donors (Lipinski definition) is 1. The Morgan fingerprint density at radius 2 is 2.00 bits per heavy atom. The summed E-state index contributed by atoms with van der Waals surface area (Å²) < 4.78 is 26.3. The summed E-state index contributed by atoms with van der Waals surface area (Å²) in [6.07, 6.45) is 1.49. The number of nitrogens with two attached hydrogens (primary N) is 1. The van der Waals surface area contributed by atoms with Crippen molar-refractivity contribution in [1.29, 1.82) is 0 Å². The first-order valence-corrected chi connectivity index (χ1v) is 7.89. The molecule has 0 amide bonds. The molecule has 2 N–H and O–H groups in total. The van der Waals surface area contributed by atoms with E-state index < -0.39 is 10.0 Å². The average Bonchev–Trinajstić information content (AvgIpc) is 2.29. The van der Waals surface area contributed by atoms with Crippen LogP contribution in [0.5, 0.6) is 0 Å². The predicted octanol–water partition coefficient (Wildman–Crippen LogP) is 1.33. The van der Waals surface area contributed by atoms with Crippen LogP contribution in [0.4, 0.5) is 0 Å². The van der Waals surface area contributed by atoms with Crippen molar-refractivity contribution in [2.75, 3.05) is 6.54 Å². The van der Waals surface area contributed by atoms with E-state index in [1.807, 2.05) is 37.3 Å². The zero-order valence-corrected chi connectivity index (χ0v) is 11.4. The van der Waals surface area contributed by atoms with Gasteiger partial charge in [-0.15, -0.1) is 0 Å². The van der Waals surface area contributed by atoms with Gasteiger partial charge in [-0.25, -0.2) is 8.42 Å². The van der Waals surface area contributed by atoms with Gasteiger partial charge in [0.15, 0.2) is 0 Å². The first-order valence-electron chi connectivity index (χ1n) is 6.28. The Balaban J connectivity index is 2.12. The molecular formula is C13H20N2O2S. The van der Waals surface area contributed by atoms with Gasteiger partial charge in [0.2, 0.25) is 10.0 Å². The lowest BCUT2D eigenvalue weighted by Crippen LogP contribution is -2.48. The van der Waals surface area contributed by atoms with Crippen LogP contribution in [-0.2, 0) is 15.8 Å². The second-order valence-corrected chi connectivity index (χ2v) is 6.91. The normalized spacial score (nSPS) is 26.1. The Kier molecular flexibility index (Phi) is 4.04. The molecule has 1 aliphatic heterocycles. The third-order valence-corrected chi connectivity index (χ3v) is 5.36. The summed E-state index contributed by atoms with van der Waals surface area (Å²) in [6.45, 7) is 2.47. The summed E-state index contributed by atoms with van der Waals surface area (Å²) in [6, 6.07) is 9.43. The van der Waals surface area contributed by atoms with Crippen LogP contribution in [0.15, 0.2) is 30.3 Å². The highest BCUT2D eigenvalue weighted by molar-refractivity contribution is 7.88. The fourth-order valence-electron chi connectivity index (χ4n) is 2.47. The molecule has 100 valence electrons. The van der Waals surface area contributed by atoms with Crippen LogP contribution in [0.3, 0.4) is 0 Å². The molecule has 0 bridgehead atoms. The second-order valence-electron chi connectivity index (χ2n) is 4.99. The first kappa shape index (κ1) is 13.5. The van der Waals surface area contributed by atoms with Crippen molar-refractivity contribution in [1.82, 2.24) is 4.31 Å². The van der Waals surface area contributed by atoms with Gasteiger partial charge in [0.25, 0.3) is 0 Å². The van der Waals surface area contributed by atoms with Crippen molar-refractivity contribution in [2.24, 2.45) is 5.73 Å². The van der Waals surface area contributed by atoms with Gasteiger partial charge in [-0.05, 0) is 25.3 Å². The molecule has 1 aromatic rings. The zero-order valence-electron chi connectivity index (χ0n) is 10.6. The van der Waals surface area contributed by atoms with Gasteiger partial charge in [0.1, 0.15) is 0 Å². The molecule has 5 heteroatoms. The minimum Gasteiger partial charge on any atom is -0.328 e. The molecule has 1 heterocycles. The lowest BCUT2D eigenvalue weighted by molar-refractivity contribution is 0.247. The van der Waals surface area contributed by atoms with Crippen molar-refractivity contribution in [3.63, 3.8) is 0 Å². The van der Waals surface area contributed by atoms with Gasteiger partial charge in [-0.2, -0.15) is 4.31 Å². The molecule has 0 aliphatic carbocycles.